The highest BCUT2D eigenvalue weighted by molar-refractivity contribution is 5.84. The summed E-state index contributed by atoms with van der Waals surface area (Å²) in [5.74, 6) is 4.94. The first-order valence-electron chi connectivity index (χ1n) is 3.52. The molecule has 0 aromatic heterocycles. The Morgan fingerprint density at radius 1 is 1.38 bits per heavy atom. The van der Waals surface area contributed by atoms with Crippen molar-refractivity contribution in [3.05, 3.63) is 17.7 Å². The molecule has 0 aliphatic heterocycles. The quantitative estimate of drug-likeness (QED) is 0.351. The SMILES string of the molecule is COc1cc(C=NN)c(O)cc1O. The number of ether oxygens (including phenoxy) is 1. The summed E-state index contributed by atoms with van der Waals surface area (Å²) >= 11 is 0. The molecule has 5 heteroatoms. The van der Waals surface area contributed by atoms with E-state index in [2.05, 4.69) is 5.10 Å². The van der Waals surface area contributed by atoms with Crippen LogP contribution >= 0.6 is 0 Å². The van der Waals surface area contributed by atoms with Gasteiger partial charge < -0.3 is 20.8 Å². The summed E-state index contributed by atoms with van der Waals surface area (Å²) in [6, 6.07) is 2.59. The van der Waals surface area contributed by atoms with Crippen molar-refractivity contribution in [1.29, 1.82) is 0 Å². The molecule has 0 fully saturated rings. The summed E-state index contributed by atoms with van der Waals surface area (Å²) in [7, 11) is 1.41. The van der Waals surface area contributed by atoms with Gasteiger partial charge in [-0.05, 0) is 6.07 Å². The number of nitrogens with zero attached hydrogens (tertiary/aromatic N) is 1. The third-order valence-electron chi connectivity index (χ3n) is 1.54. The molecule has 0 saturated carbocycles. The zero-order chi connectivity index (χ0) is 9.84. The summed E-state index contributed by atoms with van der Waals surface area (Å²) in [5, 5.41) is 21.8. The summed E-state index contributed by atoms with van der Waals surface area (Å²) in [6.07, 6.45) is 1.26. The fraction of sp³-hybridized carbons (Fsp3) is 0.125. The summed E-state index contributed by atoms with van der Waals surface area (Å²) < 4.78 is 4.82. The molecule has 0 amide bonds. The predicted molar refractivity (Wildman–Crippen MR) is 48.1 cm³/mol. The van der Waals surface area contributed by atoms with Crippen molar-refractivity contribution in [3.8, 4) is 17.2 Å². The van der Waals surface area contributed by atoms with E-state index in [9.17, 15) is 10.2 Å². The average molecular weight is 182 g/mol. The molecular weight excluding hydrogens is 172 g/mol. The summed E-state index contributed by atoms with van der Waals surface area (Å²) in [6.45, 7) is 0. The number of hydrogen-bond acceptors (Lipinski definition) is 5. The lowest BCUT2D eigenvalue weighted by Gasteiger charge is -2.05. The Balaban J connectivity index is 3.22. The number of phenols is 2. The third-order valence-corrected chi connectivity index (χ3v) is 1.54. The molecule has 5 nitrogen and oxygen atoms in total. The first-order valence-corrected chi connectivity index (χ1v) is 3.52. The Morgan fingerprint density at radius 2 is 2.08 bits per heavy atom. The van der Waals surface area contributed by atoms with E-state index in [0.717, 1.165) is 6.07 Å². The third kappa shape index (κ3) is 1.81. The van der Waals surface area contributed by atoms with Gasteiger partial charge in [-0.2, -0.15) is 5.10 Å². The van der Waals surface area contributed by atoms with E-state index in [0.29, 0.717) is 5.56 Å². The molecule has 0 radical (unpaired) electrons. The Hall–Kier alpha value is -1.91. The maximum Gasteiger partial charge on any atom is 0.161 e. The van der Waals surface area contributed by atoms with E-state index >= 15 is 0 Å². The lowest BCUT2D eigenvalue weighted by atomic mass is 10.2. The molecular formula is C8H10N2O3. The zero-order valence-electron chi connectivity index (χ0n) is 7.06. The highest BCUT2D eigenvalue weighted by Crippen LogP contribution is 2.31. The van der Waals surface area contributed by atoms with Gasteiger partial charge in [0.05, 0.1) is 13.3 Å². The van der Waals surface area contributed by atoms with E-state index < -0.39 is 0 Å². The normalized spacial score (nSPS) is 10.5. The van der Waals surface area contributed by atoms with E-state index in [1.807, 2.05) is 0 Å². The van der Waals surface area contributed by atoms with Crippen LogP contribution < -0.4 is 10.6 Å². The van der Waals surface area contributed by atoms with Crippen LogP contribution in [0.15, 0.2) is 17.2 Å². The van der Waals surface area contributed by atoms with Crippen LogP contribution in [0.4, 0.5) is 0 Å². The van der Waals surface area contributed by atoms with Gasteiger partial charge in [-0.15, -0.1) is 0 Å². The minimum atomic E-state index is -0.130. The average Bonchev–Trinajstić information content (AvgIpc) is 2.10. The van der Waals surface area contributed by atoms with Gasteiger partial charge in [-0.3, -0.25) is 0 Å². The Morgan fingerprint density at radius 3 is 2.62 bits per heavy atom. The molecule has 0 bridgehead atoms. The monoisotopic (exact) mass is 182 g/mol. The molecule has 13 heavy (non-hydrogen) atoms. The second-order valence-corrected chi connectivity index (χ2v) is 2.36. The van der Waals surface area contributed by atoms with E-state index in [1.165, 1.54) is 19.4 Å². The van der Waals surface area contributed by atoms with E-state index in [-0.39, 0.29) is 17.2 Å². The fourth-order valence-electron chi connectivity index (χ4n) is 0.920. The van der Waals surface area contributed by atoms with Crippen LogP contribution in [0.3, 0.4) is 0 Å². The van der Waals surface area contributed by atoms with Crippen molar-refractivity contribution < 1.29 is 14.9 Å². The molecule has 0 heterocycles. The number of rotatable bonds is 2. The molecule has 1 aromatic carbocycles. The zero-order valence-corrected chi connectivity index (χ0v) is 7.06. The van der Waals surface area contributed by atoms with Gasteiger partial charge in [0.15, 0.2) is 11.5 Å². The molecule has 4 N–H and O–H groups in total. The maximum atomic E-state index is 9.28. The minimum Gasteiger partial charge on any atom is -0.507 e. The number of aromatic hydroxyl groups is 2. The minimum absolute atomic E-state index is 0.104. The fourth-order valence-corrected chi connectivity index (χ4v) is 0.920. The summed E-state index contributed by atoms with van der Waals surface area (Å²) in [5.41, 5.74) is 0.386. The van der Waals surface area contributed by atoms with Gasteiger partial charge in [-0.25, -0.2) is 0 Å². The molecule has 0 unspecified atom stereocenters. The highest BCUT2D eigenvalue weighted by atomic mass is 16.5. The Labute approximate surface area is 75.1 Å². The van der Waals surface area contributed by atoms with Crippen LogP contribution in [0.25, 0.3) is 0 Å². The van der Waals surface area contributed by atoms with Crippen molar-refractivity contribution in [2.24, 2.45) is 10.9 Å². The maximum absolute atomic E-state index is 9.28. The van der Waals surface area contributed by atoms with Crippen molar-refractivity contribution in [2.75, 3.05) is 7.11 Å². The molecule has 1 rings (SSSR count). The van der Waals surface area contributed by atoms with Crippen molar-refractivity contribution in [1.82, 2.24) is 0 Å². The smallest absolute Gasteiger partial charge is 0.161 e. The first-order chi connectivity index (χ1) is 6.19. The predicted octanol–water partition coefficient (Wildman–Crippen LogP) is 0.399. The number of methoxy groups -OCH3 is 1. The standard InChI is InChI=1S/C8H10N2O3/c1-13-8-2-5(4-10-9)6(11)3-7(8)12/h2-4,11-12H,9H2,1H3. The number of benzene rings is 1. The molecule has 70 valence electrons. The molecule has 0 atom stereocenters. The second kappa shape index (κ2) is 3.66. The number of hydrogen-bond donors (Lipinski definition) is 3. The first kappa shape index (κ1) is 9.18. The topological polar surface area (TPSA) is 88.1 Å². The highest BCUT2D eigenvalue weighted by Gasteiger charge is 2.06. The Bertz CT molecular complexity index is 336. The van der Waals surface area contributed by atoms with Crippen LogP contribution in [0.1, 0.15) is 5.56 Å². The van der Waals surface area contributed by atoms with E-state index in [4.69, 9.17) is 10.6 Å². The van der Waals surface area contributed by atoms with Crippen LogP contribution in [0, 0.1) is 0 Å². The van der Waals surface area contributed by atoms with Crippen LogP contribution in [0.5, 0.6) is 17.2 Å². The molecule has 0 aliphatic carbocycles. The van der Waals surface area contributed by atoms with E-state index in [1.54, 1.807) is 0 Å². The van der Waals surface area contributed by atoms with Gasteiger partial charge in [0.2, 0.25) is 0 Å². The molecule has 0 spiro atoms. The molecule has 0 saturated heterocycles. The van der Waals surface area contributed by atoms with Gasteiger partial charge in [0.1, 0.15) is 5.75 Å². The summed E-state index contributed by atoms with van der Waals surface area (Å²) in [4.78, 5) is 0. The lowest BCUT2D eigenvalue weighted by Crippen LogP contribution is -1.90. The number of nitrogens with two attached hydrogens (primary N) is 1. The van der Waals surface area contributed by atoms with Crippen LogP contribution in [-0.2, 0) is 0 Å². The van der Waals surface area contributed by atoms with Gasteiger partial charge in [0, 0.05) is 11.6 Å². The number of hydrazone groups is 1. The van der Waals surface area contributed by atoms with Crippen molar-refractivity contribution in [2.45, 2.75) is 0 Å². The second-order valence-electron chi connectivity index (χ2n) is 2.36. The van der Waals surface area contributed by atoms with Gasteiger partial charge >= 0.3 is 0 Å². The van der Waals surface area contributed by atoms with Crippen molar-refractivity contribution >= 4 is 6.21 Å². The number of phenolic OH excluding ortho intramolecular Hbond substituents is 2. The molecule has 0 aliphatic rings. The van der Waals surface area contributed by atoms with Crippen LogP contribution in [0.2, 0.25) is 0 Å². The molecule has 1 aromatic rings. The van der Waals surface area contributed by atoms with Crippen LogP contribution in [-0.4, -0.2) is 23.5 Å². The lowest BCUT2D eigenvalue weighted by molar-refractivity contribution is 0.369. The van der Waals surface area contributed by atoms with Gasteiger partial charge in [0.25, 0.3) is 0 Å². The van der Waals surface area contributed by atoms with Crippen molar-refractivity contribution in [3.63, 3.8) is 0 Å². The largest absolute Gasteiger partial charge is 0.507 e. The van der Waals surface area contributed by atoms with Gasteiger partial charge in [-0.1, -0.05) is 0 Å². The Kier molecular flexibility index (Phi) is 2.59.